The summed E-state index contributed by atoms with van der Waals surface area (Å²) in [6, 6.07) is 0. The first kappa shape index (κ1) is 20.8. The van der Waals surface area contributed by atoms with E-state index in [0.717, 1.165) is 60.9 Å². The standard InChI is InChI=1S/C23H30N8O/c1-14-11-31-13-19(27-15(2)21(31)26-14)29-23(32)18-10-25-22(30-8-7-16(9-24)12-30)20(28-18)17-5-3-4-6-17/h10-11,13,16-17H,3-9,12,24H2,1-2H3,(H,29,32)/t16-/m0/s1. The molecule has 0 unspecified atom stereocenters. The number of aryl methyl sites for hydroxylation is 2. The predicted octanol–water partition coefficient (Wildman–Crippen LogP) is 2.83. The first-order chi connectivity index (χ1) is 15.5. The minimum absolute atomic E-state index is 0.298. The number of rotatable bonds is 5. The van der Waals surface area contributed by atoms with E-state index in [1.807, 2.05) is 24.4 Å². The van der Waals surface area contributed by atoms with E-state index >= 15 is 0 Å². The number of nitrogens with two attached hydrogens (primary N) is 1. The smallest absolute Gasteiger partial charge is 0.277 e. The van der Waals surface area contributed by atoms with Gasteiger partial charge in [0.15, 0.2) is 11.5 Å². The second-order valence-corrected chi connectivity index (χ2v) is 9.06. The maximum atomic E-state index is 13.1. The average molecular weight is 435 g/mol. The fraction of sp³-hybridized carbons (Fsp3) is 0.522. The predicted molar refractivity (Wildman–Crippen MR) is 123 cm³/mol. The van der Waals surface area contributed by atoms with E-state index in [-0.39, 0.29) is 5.91 Å². The molecule has 0 aromatic carbocycles. The van der Waals surface area contributed by atoms with Crippen LogP contribution in [0.25, 0.3) is 5.65 Å². The molecule has 3 N–H and O–H groups in total. The van der Waals surface area contributed by atoms with Crippen molar-refractivity contribution in [3.63, 3.8) is 0 Å². The van der Waals surface area contributed by atoms with Crippen LogP contribution >= 0.6 is 0 Å². The molecule has 9 heteroatoms. The van der Waals surface area contributed by atoms with E-state index in [0.29, 0.717) is 29.9 Å². The van der Waals surface area contributed by atoms with Gasteiger partial charge in [0.25, 0.3) is 5.91 Å². The van der Waals surface area contributed by atoms with Gasteiger partial charge in [-0.15, -0.1) is 0 Å². The van der Waals surface area contributed by atoms with Crippen molar-refractivity contribution >= 4 is 23.2 Å². The monoisotopic (exact) mass is 434 g/mol. The van der Waals surface area contributed by atoms with Crippen molar-refractivity contribution in [3.05, 3.63) is 41.4 Å². The van der Waals surface area contributed by atoms with Crippen LogP contribution < -0.4 is 16.0 Å². The normalized spacial score (nSPS) is 19.2. The lowest BCUT2D eigenvalue weighted by molar-refractivity contribution is 0.102. The Morgan fingerprint density at radius 1 is 1.16 bits per heavy atom. The second-order valence-electron chi connectivity index (χ2n) is 9.06. The lowest BCUT2D eigenvalue weighted by Gasteiger charge is -2.23. The zero-order chi connectivity index (χ0) is 22.2. The molecule has 3 aromatic heterocycles. The molecular formula is C23H30N8O. The molecule has 0 bridgehead atoms. The third-order valence-electron chi connectivity index (χ3n) is 6.64. The third-order valence-corrected chi connectivity index (χ3v) is 6.64. The number of hydrogen-bond donors (Lipinski definition) is 2. The molecule has 1 aliphatic carbocycles. The molecule has 2 fully saturated rings. The summed E-state index contributed by atoms with van der Waals surface area (Å²) in [6.07, 6.45) is 10.9. The van der Waals surface area contributed by atoms with Gasteiger partial charge >= 0.3 is 0 Å². The quantitative estimate of drug-likeness (QED) is 0.634. The number of fused-ring (bicyclic) bond motifs is 1. The molecule has 32 heavy (non-hydrogen) atoms. The van der Waals surface area contributed by atoms with E-state index in [2.05, 4.69) is 20.2 Å². The fourth-order valence-corrected chi connectivity index (χ4v) is 4.95. The van der Waals surface area contributed by atoms with Gasteiger partial charge in [0.05, 0.1) is 29.5 Å². The molecule has 9 nitrogen and oxygen atoms in total. The summed E-state index contributed by atoms with van der Waals surface area (Å²) in [5, 5.41) is 2.89. The highest BCUT2D eigenvalue weighted by Crippen LogP contribution is 2.38. The molecule has 1 saturated heterocycles. The maximum Gasteiger partial charge on any atom is 0.277 e. The third kappa shape index (κ3) is 3.92. The summed E-state index contributed by atoms with van der Waals surface area (Å²) in [6.45, 7) is 6.35. The van der Waals surface area contributed by atoms with Gasteiger partial charge in [0.2, 0.25) is 0 Å². The minimum Gasteiger partial charge on any atom is -0.355 e. The van der Waals surface area contributed by atoms with Gasteiger partial charge in [0.1, 0.15) is 11.5 Å². The topological polar surface area (TPSA) is 114 Å². The first-order valence-corrected chi connectivity index (χ1v) is 11.5. The highest BCUT2D eigenvalue weighted by Gasteiger charge is 2.30. The van der Waals surface area contributed by atoms with Crippen LogP contribution in [-0.2, 0) is 0 Å². The van der Waals surface area contributed by atoms with Crippen LogP contribution in [0.1, 0.15) is 65.6 Å². The Balaban J connectivity index is 1.43. The maximum absolute atomic E-state index is 13.1. The van der Waals surface area contributed by atoms with Crippen LogP contribution in [0.15, 0.2) is 18.6 Å². The second kappa shape index (κ2) is 8.46. The molecule has 4 heterocycles. The SMILES string of the molecule is Cc1cn2cc(NC(=O)c3cnc(N4CC[C@@H](CN)C4)c(C4CCCC4)n3)nc(C)c2n1. The van der Waals surface area contributed by atoms with E-state index in [1.165, 1.54) is 12.8 Å². The lowest BCUT2D eigenvalue weighted by atomic mass is 10.0. The number of imidazole rings is 1. The molecule has 5 rings (SSSR count). The van der Waals surface area contributed by atoms with E-state index < -0.39 is 0 Å². The molecule has 2 aliphatic rings. The van der Waals surface area contributed by atoms with Gasteiger partial charge in [-0.25, -0.2) is 19.9 Å². The van der Waals surface area contributed by atoms with E-state index in [1.54, 1.807) is 12.4 Å². The number of carbonyl (C=O) groups is 1. The lowest BCUT2D eigenvalue weighted by Crippen LogP contribution is -2.26. The Hall–Kier alpha value is -3.07. The van der Waals surface area contributed by atoms with E-state index in [4.69, 9.17) is 15.7 Å². The first-order valence-electron chi connectivity index (χ1n) is 11.5. The number of anilines is 2. The van der Waals surface area contributed by atoms with E-state index in [9.17, 15) is 4.79 Å². The average Bonchev–Trinajstić information content (AvgIpc) is 3.53. The molecular weight excluding hydrogens is 404 g/mol. The van der Waals surface area contributed by atoms with Crippen molar-refractivity contribution in [2.24, 2.45) is 11.7 Å². The summed E-state index contributed by atoms with van der Waals surface area (Å²) in [5.74, 6) is 1.94. The minimum atomic E-state index is -0.298. The highest BCUT2D eigenvalue weighted by molar-refractivity contribution is 6.02. The molecule has 168 valence electrons. The van der Waals surface area contributed by atoms with Crippen LogP contribution in [0.3, 0.4) is 0 Å². The number of carbonyl (C=O) groups excluding carboxylic acids is 1. The molecule has 1 amide bonds. The van der Waals surface area contributed by atoms with Crippen molar-refractivity contribution in [1.29, 1.82) is 0 Å². The van der Waals surface area contributed by atoms with Gasteiger partial charge in [-0.1, -0.05) is 12.8 Å². The largest absolute Gasteiger partial charge is 0.355 e. The van der Waals surface area contributed by atoms with Crippen LogP contribution in [0.5, 0.6) is 0 Å². The van der Waals surface area contributed by atoms with Crippen LogP contribution in [0, 0.1) is 19.8 Å². The van der Waals surface area contributed by atoms with Crippen LogP contribution in [-0.4, -0.2) is 49.9 Å². The van der Waals surface area contributed by atoms with Crippen molar-refractivity contribution in [3.8, 4) is 0 Å². The zero-order valence-corrected chi connectivity index (χ0v) is 18.7. The van der Waals surface area contributed by atoms with Crippen LogP contribution in [0.2, 0.25) is 0 Å². The van der Waals surface area contributed by atoms with Crippen molar-refractivity contribution < 1.29 is 4.79 Å². The Bertz CT molecular complexity index is 1150. The Kier molecular flexibility index (Phi) is 5.50. The molecule has 1 saturated carbocycles. The molecule has 3 aromatic rings. The van der Waals surface area contributed by atoms with Gasteiger partial charge < -0.3 is 20.4 Å². The summed E-state index contributed by atoms with van der Waals surface area (Å²) in [7, 11) is 0. The summed E-state index contributed by atoms with van der Waals surface area (Å²) in [5.41, 5.74) is 9.62. The van der Waals surface area contributed by atoms with Gasteiger partial charge in [-0.3, -0.25) is 4.79 Å². The number of amides is 1. The molecule has 1 aliphatic heterocycles. The number of aromatic nitrogens is 5. The van der Waals surface area contributed by atoms with Gasteiger partial charge in [0, 0.05) is 25.2 Å². The summed E-state index contributed by atoms with van der Waals surface area (Å²) in [4.78, 5) is 33.9. The van der Waals surface area contributed by atoms with Gasteiger partial charge in [-0.2, -0.15) is 0 Å². The Morgan fingerprint density at radius 2 is 1.97 bits per heavy atom. The molecule has 0 spiro atoms. The summed E-state index contributed by atoms with van der Waals surface area (Å²) >= 11 is 0. The van der Waals surface area contributed by atoms with Crippen molar-refractivity contribution in [2.45, 2.75) is 51.9 Å². The Morgan fingerprint density at radius 3 is 2.72 bits per heavy atom. The van der Waals surface area contributed by atoms with Gasteiger partial charge in [-0.05, 0) is 45.6 Å². The van der Waals surface area contributed by atoms with Crippen molar-refractivity contribution in [2.75, 3.05) is 29.9 Å². The molecule has 1 atom stereocenters. The summed E-state index contributed by atoms with van der Waals surface area (Å²) < 4.78 is 1.88. The fourth-order valence-electron chi connectivity index (χ4n) is 4.95. The Labute approximate surface area is 187 Å². The highest BCUT2D eigenvalue weighted by atomic mass is 16.2. The van der Waals surface area contributed by atoms with Crippen molar-refractivity contribution in [1.82, 2.24) is 24.3 Å². The van der Waals surface area contributed by atoms with Crippen LogP contribution in [0.4, 0.5) is 11.6 Å². The number of nitrogens with zero attached hydrogens (tertiary/aromatic N) is 6. The molecule has 0 radical (unpaired) electrons. The number of hydrogen-bond acceptors (Lipinski definition) is 7. The number of nitrogens with one attached hydrogen (secondary N) is 1. The zero-order valence-electron chi connectivity index (χ0n) is 18.7.